The molecule has 0 bridgehead atoms. The third-order valence-corrected chi connectivity index (χ3v) is 3.70. The van der Waals surface area contributed by atoms with Crippen molar-refractivity contribution in [3.8, 4) is 5.75 Å². The number of pyridine rings is 2. The number of carbonyl (C=O) groups excluding carboxylic acids is 1. The Labute approximate surface area is 135 Å². The van der Waals surface area contributed by atoms with Gasteiger partial charge >= 0.3 is 6.03 Å². The van der Waals surface area contributed by atoms with Crippen LogP contribution >= 0.6 is 0 Å². The van der Waals surface area contributed by atoms with E-state index < -0.39 is 0 Å². The summed E-state index contributed by atoms with van der Waals surface area (Å²) in [5.41, 5.74) is 1.96. The van der Waals surface area contributed by atoms with Crippen molar-refractivity contribution in [1.82, 2.24) is 14.9 Å². The molecular formula is C17H20N4O2. The summed E-state index contributed by atoms with van der Waals surface area (Å²) in [7, 11) is 0. The van der Waals surface area contributed by atoms with E-state index in [1.54, 1.807) is 17.3 Å². The molecule has 23 heavy (non-hydrogen) atoms. The van der Waals surface area contributed by atoms with Gasteiger partial charge in [-0.2, -0.15) is 0 Å². The highest BCUT2D eigenvalue weighted by atomic mass is 16.5. The quantitative estimate of drug-likeness (QED) is 0.946. The highest BCUT2D eigenvalue weighted by molar-refractivity contribution is 5.88. The molecule has 1 fully saturated rings. The largest absolute Gasteiger partial charge is 0.487 e. The van der Waals surface area contributed by atoms with Crippen molar-refractivity contribution in [2.24, 2.45) is 0 Å². The lowest BCUT2D eigenvalue weighted by atomic mass is 10.2. The van der Waals surface area contributed by atoms with Crippen LogP contribution in [0.15, 0.2) is 36.7 Å². The van der Waals surface area contributed by atoms with Crippen molar-refractivity contribution < 1.29 is 9.53 Å². The first-order chi connectivity index (χ1) is 11.1. The average Bonchev–Trinajstić information content (AvgIpc) is 2.96. The third-order valence-electron chi connectivity index (χ3n) is 3.70. The van der Waals surface area contributed by atoms with Gasteiger partial charge in [0.2, 0.25) is 0 Å². The van der Waals surface area contributed by atoms with Crippen molar-refractivity contribution in [1.29, 1.82) is 0 Å². The average molecular weight is 312 g/mol. The fourth-order valence-electron chi connectivity index (χ4n) is 2.71. The number of ether oxygens (including phenoxy) is 1. The van der Waals surface area contributed by atoms with E-state index in [2.05, 4.69) is 15.3 Å². The molecule has 3 heterocycles. The fourth-order valence-corrected chi connectivity index (χ4v) is 2.71. The topological polar surface area (TPSA) is 67.4 Å². The smallest absolute Gasteiger partial charge is 0.323 e. The Balaban J connectivity index is 1.57. The van der Waals surface area contributed by atoms with Crippen molar-refractivity contribution in [2.45, 2.75) is 26.4 Å². The van der Waals surface area contributed by atoms with Gasteiger partial charge in [0.15, 0.2) is 0 Å². The summed E-state index contributed by atoms with van der Waals surface area (Å²) in [6.07, 6.45) is 4.19. The molecule has 0 aliphatic carbocycles. The van der Waals surface area contributed by atoms with Gasteiger partial charge in [0.1, 0.15) is 17.7 Å². The maximum Gasteiger partial charge on any atom is 0.323 e. The van der Waals surface area contributed by atoms with Gasteiger partial charge in [-0.3, -0.25) is 10.3 Å². The number of hydrogen-bond donors (Lipinski definition) is 1. The summed E-state index contributed by atoms with van der Waals surface area (Å²) in [6, 6.07) is 7.41. The van der Waals surface area contributed by atoms with Crippen LogP contribution in [0.4, 0.5) is 10.6 Å². The molecule has 0 saturated carbocycles. The molecule has 6 nitrogen and oxygen atoms in total. The Bertz CT molecular complexity index is 670. The number of nitrogens with zero attached hydrogens (tertiary/aromatic N) is 3. The number of nitrogens with one attached hydrogen (secondary N) is 1. The zero-order valence-electron chi connectivity index (χ0n) is 13.3. The lowest BCUT2D eigenvalue weighted by Crippen LogP contribution is -2.34. The van der Waals surface area contributed by atoms with Crippen molar-refractivity contribution in [3.05, 3.63) is 47.9 Å². The van der Waals surface area contributed by atoms with Gasteiger partial charge in [0, 0.05) is 24.9 Å². The van der Waals surface area contributed by atoms with Crippen LogP contribution in [0.25, 0.3) is 0 Å². The van der Waals surface area contributed by atoms with E-state index in [1.807, 2.05) is 38.1 Å². The van der Waals surface area contributed by atoms with Crippen LogP contribution in [0.2, 0.25) is 0 Å². The van der Waals surface area contributed by atoms with Gasteiger partial charge in [0.25, 0.3) is 0 Å². The highest BCUT2D eigenvalue weighted by Crippen LogP contribution is 2.18. The van der Waals surface area contributed by atoms with E-state index in [4.69, 9.17) is 4.74 Å². The standard InChI is InChI=1S/C17H20N4O2/c1-12-8-13(2)19-16(9-12)20-17(22)21-7-5-15(11-21)23-14-4-3-6-18-10-14/h3-4,6,8-10,15H,5,7,11H2,1-2H3,(H,19,20,22). The van der Waals surface area contributed by atoms with Crippen LogP contribution in [0.3, 0.4) is 0 Å². The molecule has 120 valence electrons. The third kappa shape index (κ3) is 3.97. The van der Waals surface area contributed by atoms with Crippen LogP contribution in [-0.2, 0) is 0 Å². The summed E-state index contributed by atoms with van der Waals surface area (Å²) in [5.74, 6) is 1.32. The minimum absolute atomic E-state index is 0.00263. The van der Waals surface area contributed by atoms with Gasteiger partial charge in [-0.15, -0.1) is 0 Å². The van der Waals surface area contributed by atoms with Crippen LogP contribution in [0, 0.1) is 13.8 Å². The van der Waals surface area contributed by atoms with E-state index in [0.29, 0.717) is 18.9 Å². The van der Waals surface area contributed by atoms with Crippen molar-refractivity contribution in [2.75, 3.05) is 18.4 Å². The van der Waals surface area contributed by atoms with E-state index in [9.17, 15) is 4.79 Å². The summed E-state index contributed by atoms with van der Waals surface area (Å²) in [4.78, 5) is 22.5. The summed E-state index contributed by atoms with van der Waals surface area (Å²) in [5, 5.41) is 2.86. The molecule has 1 atom stereocenters. The van der Waals surface area contributed by atoms with Gasteiger partial charge < -0.3 is 9.64 Å². The Morgan fingerprint density at radius 2 is 2.26 bits per heavy atom. The first-order valence-corrected chi connectivity index (χ1v) is 7.68. The van der Waals surface area contributed by atoms with Crippen LogP contribution in [0.5, 0.6) is 5.75 Å². The number of hydrogen-bond acceptors (Lipinski definition) is 4. The van der Waals surface area contributed by atoms with E-state index in [-0.39, 0.29) is 12.1 Å². The molecule has 0 radical (unpaired) electrons. The second-order valence-electron chi connectivity index (χ2n) is 5.76. The molecule has 2 aromatic heterocycles. The van der Waals surface area contributed by atoms with E-state index >= 15 is 0 Å². The first-order valence-electron chi connectivity index (χ1n) is 7.68. The second-order valence-corrected chi connectivity index (χ2v) is 5.76. The molecule has 2 amide bonds. The molecule has 6 heteroatoms. The number of urea groups is 1. The number of carbonyl (C=O) groups is 1. The molecule has 1 N–H and O–H groups in total. The molecule has 0 spiro atoms. The van der Waals surface area contributed by atoms with Crippen molar-refractivity contribution in [3.63, 3.8) is 0 Å². The van der Waals surface area contributed by atoms with Crippen molar-refractivity contribution >= 4 is 11.8 Å². The maximum absolute atomic E-state index is 12.3. The Hall–Kier alpha value is -2.63. The van der Waals surface area contributed by atoms with Crippen LogP contribution in [-0.4, -0.2) is 40.1 Å². The lowest BCUT2D eigenvalue weighted by molar-refractivity contribution is 0.194. The normalized spacial score (nSPS) is 17.1. The molecule has 2 aromatic rings. The molecule has 1 aliphatic heterocycles. The van der Waals surface area contributed by atoms with E-state index in [1.165, 1.54) is 0 Å². The predicted octanol–water partition coefficient (Wildman–Crippen LogP) is 2.78. The molecule has 1 saturated heterocycles. The monoisotopic (exact) mass is 312 g/mol. The zero-order chi connectivity index (χ0) is 16.2. The lowest BCUT2D eigenvalue weighted by Gasteiger charge is -2.18. The number of aryl methyl sites for hydroxylation is 2. The number of anilines is 1. The number of rotatable bonds is 3. The molecule has 3 rings (SSSR count). The molecule has 0 aromatic carbocycles. The fraction of sp³-hybridized carbons (Fsp3) is 0.353. The maximum atomic E-state index is 12.3. The molecular weight excluding hydrogens is 292 g/mol. The number of aromatic nitrogens is 2. The Morgan fingerprint density at radius 3 is 3.00 bits per heavy atom. The van der Waals surface area contributed by atoms with Gasteiger partial charge in [0.05, 0.1) is 12.7 Å². The van der Waals surface area contributed by atoms with Crippen LogP contribution in [0.1, 0.15) is 17.7 Å². The highest BCUT2D eigenvalue weighted by Gasteiger charge is 2.27. The Morgan fingerprint density at radius 1 is 1.39 bits per heavy atom. The second kappa shape index (κ2) is 6.64. The minimum Gasteiger partial charge on any atom is -0.487 e. The summed E-state index contributed by atoms with van der Waals surface area (Å²) < 4.78 is 5.84. The van der Waals surface area contributed by atoms with Gasteiger partial charge in [-0.1, -0.05) is 0 Å². The van der Waals surface area contributed by atoms with Gasteiger partial charge in [-0.05, 0) is 43.7 Å². The van der Waals surface area contributed by atoms with E-state index in [0.717, 1.165) is 23.4 Å². The molecule has 1 unspecified atom stereocenters. The molecule has 1 aliphatic rings. The van der Waals surface area contributed by atoms with Gasteiger partial charge in [-0.25, -0.2) is 9.78 Å². The first kappa shape index (κ1) is 15.3. The zero-order valence-corrected chi connectivity index (χ0v) is 13.3. The Kier molecular flexibility index (Phi) is 4.41. The number of likely N-dealkylation sites (tertiary alicyclic amines) is 1. The van der Waals surface area contributed by atoms with Crippen LogP contribution < -0.4 is 10.1 Å². The predicted molar refractivity (Wildman–Crippen MR) is 87.6 cm³/mol. The minimum atomic E-state index is -0.139. The SMILES string of the molecule is Cc1cc(C)nc(NC(=O)N2CCC(Oc3cccnc3)C2)c1. The number of amides is 2. The summed E-state index contributed by atoms with van der Waals surface area (Å²) in [6.45, 7) is 5.13. The summed E-state index contributed by atoms with van der Waals surface area (Å²) >= 11 is 0.